The topological polar surface area (TPSA) is 71.2 Å². The van der Waals surface area contributed by atoms with Gasteiger partial charge in [0, 0.05) is 38.0 Å². The van der Waals surface area contributed by atoms with Crippen LogP contribution in [0.2, 0.25) is 0 Å². The SMILES string of the molecule is Cc1ccc2ncnc(N3CCN(CCCc4nc(-c5cccs5)no4)CC3)c2c1. The quantitative estimate of drug-likeness (QED) is 0.470. The van der Waals surface area contributed by atoms with E-state index in [2.05, 4.69) is 55.0 Å². The lowest BCUT2D eigenvalue weighted by Crippen LogP contribution is -2.47. The van der Waals surface area contributed by atoms with E-state index in [0.717, 1.165) is 73.1 Å². The summed E-state index contributed by atoms with van der Waals surface area (Å²) in [4.78, 5) is 19.5. The maximum atomic E-state index is 5.41. The van der Waals surface area contributed by atoms with Gasteiger partial charge in [0.1, 0.15) is 12.1 Å². The van der Waals surface area contributed by atoms with Crippen molar-refractivity contribution in [3.8, 4) is 10.7 Å². The van der Waals surface area contributed by atoms with Crippen molar-refractivity contribution in [2.75, 3.05) is 37.6 Å². The standard InChI is InChI=1S/C22H24N6OS/c1-16-6-7-18-17(14-16)22(24-15-23-18)28-11-9-27(10-12-28)8-2-5-20-25-21(26-29-20)19-4-3-13-30-19/h3-4,6-7,13-15H,2,5,8-12H2,1H3. The number of nitrogens with zero attached hydrogens (tertiary/aromatic N) is 6. The van der Waals surface area contributed by atoms with Gasteiger partial charge in [-0.2, -0.15) is 4.98 Å². The number of fused-ring (bicyclic) bond motifs is 1. The lowest BCUT2D eigenvalue weighted by atomic mass is 10.1. The third kappa shape index (κ3) is 4.06. The van der Waals surface area contributed by atoms with Crippen molar-refractivity contribution < 1.29 is 4.52 Å². The number of benzene rings is 1. The molecule has 4 aromatic rings. The Morgan fingerprint density at radius 3 is 2.83 bits per heavy atom. The molecule has 1 aliphatic heterocycles. The molecule has 3 aromatic heterocycles. The van der Waals surface area contributed by atoms with Crippen molar-refractivity contribution in [3.05, 3.63) is 53.5 Å². The molecule has 1 aromatic carbocycles. The molecule has 0 radical (unpaired) electrons. The largest absolute Gasteiger partial charge is 0.353 e. The van der Waals surface area contributed by atoms with E-state index in [1.807, 2.05) is 17.5 Å². The summed E-state index contributed by atoms with van der Waals surface area (Å²) in [6.45, 7) is 7.16. The van der Waals surface area contributed by atoms with Crippen LogP contribution >= 0.6 is 11.3 Å². The van der Waals surface area contributed by atoms with E-state index in [-0.39, 0.29) is 0 Å². The second-order valence-corrected chi connectivity index (χ2v) is 8.59. The first-order valence-corrected chi connectivity index (χ1v) is 11.2. The smallest absolute Gasteiger partial charge is 0.227 e. The number of rotatable bonds is 6. The molecule has 0 aliphatic carbocycles. The lowest BCUT2D eigenvalue weighted by molar-refractivity contribution is 0.250. The molecular weight excluding hydrogens is 396 g/mol. The van der Waals surface area contributed by atoms with Crippen molar-refractivity contribution in [3.63, 3.8) is 0 Å². The minimum atomic E-state index is 0.695. The van der Waals surface area contributed by atoms with Crippen LogP contribution in [0.1, 0.15) is 17.9 Å². The molecule has 0 N–H and O–H groups in total. The third-order valence-electron chi connectivity index (χ3n) is 5.52. The average molecular weight is 421 g/mol. The first kappa shape index (κ1) is 19.1. The molecule has 5 rings (SSSR count). The molecule has 0 amide bonds. The van der Waals surface area contributed by atoms with E-state index >= 15 is 0 Å². The van der Waals surface area contributed by atoms with Crippen LogP contribution < -0.4 is 4.90 Å². The van der Waals surface area contributed by atoms with E-state index in [4.69, 9.17) is 4.52 Å². The lowest BCUT2D eigenvalue weighted by Gasteiger charge is -2.35. The summed E-state index contributed by atoms with van der Waals surface area (Å²) >= 11 is 1.63. The summed E-state index contributed by atoms with van der Waals surface area (Å²) in [5.74, 6) is 2.47. The molecule has 0 atom stereocenters. The van der Waals surface area contributed by atoms with E-state index in [1.165, 1.54) is 5.56 Å². The Balaban J connectivity index is 1.14. The van der Waals surface area contributed by atoms with Gasteiger partial charge in [0.25, 0.3) is 0 Å². The Morgan fingerprint density at radius 2 is 2.00 bits per heavy atom. The number of hydrogen-bond acceptors (Lipinski definition) is 8. The van der Waals surface area contributed by atoms with Crippen LogP contribution in [-0.4, -0.2) is 57.7 Å². The Morgan fingerprint density at radius 1 is 1.10 bits per heavy atom. The van der Waals surface area contributed by atoms with Gasteiger partial charge in [-0.3, -0.25) is 4.90 Å². The van der Waals surface area contributed by atoms with Gasteiger partial charge < -0.3 is 9.42 Å². The van der Waals surface area contributed by atoms with Crippen molar-refractivity contribution in [2.24, 2.45) is 0 Å². The normalized spacial score (nSPS) is 15.2. The molecule has 0 saturated carbocycles. The van der Waals surface area contributed by atoms with Crippen LogP contribution in [0, 0.1) is 6.92 Å². The van der Waals surface area contributed by atoms with Crippen molar-refractivity contribution in [1.29, 1.82) is 0 Å². The monoisotopic (exact) mass is 420 g/mol. The molecule has 1 fully saturated rings. The van der Waals surface area contributed by atoms with Crippen molar-refractivity contribution in [2.45, 2.75) is 19.8 Å². The van der Waals surface area contributed by atoms with Gasteiger partial charge in [-0.15, -0.1) is 11.3 Å². The molecule has 7 nitrogen and oxygen atoms in total. The Bertz CT molecular complexity index is 1120. The first-order valence-electron chi connectivity index (χ1n) is 10.3. The minimum Gasteiger partial charge on any atom is -0.353 e. The van der Waals surface area contributed by atoms with E-state index in [0.29, 0.717) is 5.82 Å². The zero-order valence-corrected chi connectivity index (χ0v) is 17.8. The Labute approximate surface area is 179 Å². The fourth-order valence-corrected chi connectivity index (χ4v) is 4.56. The number of anilines is 1. The zero-order chi connectivity index (χ0) is 20.3. The second-order valence-electron chi connectivity index (χ2n) is 7.64. The summed E-state index contributed by atoms with van der Waals surface area (Å²) in [6.07, 6.45) is 3.50. The molecule has 0 unspecified atom stereocenters. The van der Waals surface area contributed by atoms with E-state index < -0.39 is 0 Å². The fraction of sp³-hybridized carbons (Fsp3) is 0.364. The maximum absolute atomic E-state index is 5.41. The summed E-state index contributed by atoms with van der Waals surface area (Å²) in [7, 11) is 0. The molecule has 30 heavy (non-hydrogen) atoms. The summed E-state index contributed by atoms with van der Waals surface area (Å²) in [6, 6.07) is 10.4. The van der Waals surface area contributed by atoms with Crippen LogP contribution in [0.15, 0.2) is 46.6 Å². The van der Waals surface area contributed by atoms with Gasteiger partial charge >= 0.3 is 0 Å². The Hall–Kier alpha value is -2.84. The predicted molar refractivity (Wildman–Crippen MR) is 119 cm³/mol. The molecule has 0 spiro atoms. The van der Waals surface area contributed by atoms with Gasteiger partial charge in [0.2, 0.25) is 11.7 Å². The number of thiophene rings is 1. The minimum absolute atomic E-state index is 0.695. The number of hydrogen-bond donors (Lipinski definition) is 0. The predicted octanol–water partition coefficient (Wildman–Crippen LogP) is 3.80. The van der Waals surface area contributed by atoms with Crippen LogP contribution in [-0.2, 0) is 6.42 Å². The molecule has 1 saturated heterocycles. The first-order chi connectivity index (χ1) is 14.8. The molecule has 4 heterocycles. The van der Waals surface area contributed by atoms with Gasteiger partial charge in [-0.05, 0) is 43.5 Å². The molecule has 1 aliphatic rings. The van der Waals surface area contributed by atoms with Crippen LogP contribution in [0.3, 0.4) is 0 Å². The third-order valence-corrected chi connectivity index (χ3v) is 6.38. The van der Waals surface area contributed by atoms with Crippen molar-refractivity contribution >= 4 is 28.1 Å². The summed E-state index contributed by atoms with van der Waals surface area (Å²) in [5.41, 5.74) is 2.25. The van der Waals surface area contributed by atoms with Crippen LogP contribution in [0.25, 0.3) is 21.6 Å². The van der Waals surface area contributed by atoms with Crippen LogP contribution in [0.4, 0.5) is 5.82 Å². The highest BCUT2D eigenvalue weighted by molar-refractivity contribution is 7.13. The summed E-state index contributed by atoms with van der Waals surface area (Å²) in [5, 5.41) is 7.26. The van der Waals surface area contributed by atoms with E-state index in [9.17, 15) is 0 Å². The number of aromatic nitrogens is 4. The fourth-order valence-electron chi connectivity index (χ4n) is 3.91. The molecule has 8 heteroatoms. The number of piperazine rings is 1. The second kappa shape index (κ2) is 8.49. The Kier molecular flexibility index (Phi) is 5.42. The summed E-state index contributed by atoms with van der Waals surface area (Å²) < 4.78 is 5.41. The van der Waals surface area contributed by atoms with Crippen molar-refractivity contribution in [1.82, 2.24) is 25.0 Å². The highest BCUT2D eigenvalue weighted by atomic mass is 32.1. The molecule has 0 bridgehead atoms. The number of aryl methyl sites for hydroxylation is 2. The highest BCUT2D eigenvalue weighted by Gasteiger charge is 2.20. The average Bonchev–Trinajstić information content (AvgIpc) is 3.46. The van der Waals surface area contributed by atoms with Gasteiger partial charge in [-0.25, -0.2) is 9.97 Å². The molecular formula is C22H24N6OS. The van der Waals surface area contributed by atoms with Gasteiger partial charge in [0.05, 0.1) is 10.4 Å². The molecule has 154 valence electrons. The highest BCUT2D eigenvalue weighted by Crippen LogP contribution is 2.25. The van der Waals surface area contributed by atoms with Crippen LogP contribution in [0.5, 0.6) is 0 Å². The van der Waals surface area contributed by atoms with E-state index in [1.54, 1.807) is 17.7 Å². The zero-order valence-electron chi connectivity index (χ0n) is 17.0. The van der Waals surface area contributed by atoms with Gasteiger partial charge in [0.15, 0.2) is 0 Å². The van der Waals surface area contributed by atoms with Gasteiger partial charge in [-0.1, -0.05) is 22.9 Å². The maximum Gasteiger partial charge on any atom is 0.227 e.